The molecule has 2 fully saturated rings. The van der Waals surface area contributed by atoms with E-state index in [1.54, 1.807) is 11.3 Å². The Bertz CT molecular complexity index is 988. The molecule has 6 heteroatoms. The fourth-order valence-electron chi connectivity index (χ4n) is 6.32. The van der Waals surface area contributed by atoms with Crippen LogP contribution in [0.2, 0.25) is 0 Å². The van der Waals surface area contributed by atoms with Crippen LogP contribution in [-0.4, -0.2) is 35.3 Å². The first-order valence-electron chi connectivity index (χ1n) is 13.8. The Balaban J connectivity index is 1.34. The lowest BCUT2D eigenvalue weighted by atomic mass is 9.88. The molecule has 188 valence electrons. The number of aryl methyl sites for hydroxylation is 1. The highest BCUT2D eigenvalue weighted by molar-refractivity contribution is 7.17. The van der Waals surface area contributed by atoms with Gasteiger partial charge in [0.2, 0.25) is 5.91 Å². The molecule has 2 saturated carbocycles. The first-order chi connectivity index (χ1) is 17.2. The highest BCUT2D eigenvalue weighted by Crippen LogP contribution is 2.39. The average molecular weight is 494 g/mol. The molecular weight excluding hydrogens is 454 g/mol. The van der Waals surface area contributed by atoms with Crippen molar-refractivity contribution in [1.29, 1.82) is 0 Å². The van der Waals surface area contributed by atoms with Crippen molar-refractivity contribution in [3.63, 3.8) is 0 Å². The number of rotatable bonds is 7. The van der Waals surface area contributed by atoms with E-state index in [1.165, 1.54) is 69.1 Å². The van der Waals surface area contributed by atoms with Crippen LogP contribution in [0.3, 0.4) is 0 Å². The molecule has 3 aliphatic carbocycles. The zero-order chi connectivity index (χ0) is 24.0. The summed E-state index contributed by atoms with van der Waals surface area (Å²) in [5.41, 5.74) is 2.61. The Morgan fingerprint density at radius 3 is 2.09 bits per heavy atom. The van der Waals surface area contributed by atoms with Crippen LogP contribution in [0.15, 0.2) is 30.3 Å². The third-order valence-corrected chi connectivity index (χ3v) is 9.30. The summed E-state index contributed by atoms with van der Waals surface area (Å²) in [6.45, 7) is 0.442. The molecule has 2 N–H and O–H groups in total. The molecule has 1 aromatic carbocycles. The summed E-state index contributed by atoms with van der Waals surface area (Å²) in [5, 5.41) is 7.02. The summed E-state index contributed by atoms with van der Waals surface area (Å²) in [4.78, 5) is 30.7. The molecule has 1 heterocycles. The normalized spacial score (nSPS) is 19.3. The van der Waals surface area contributed by atoms with Gasteiger partial charge in [0.15, 0.2) is 0 Å². The molecule has 2 amide bonds. The van der Waals surface area contributed by atoms with Crippen molar-refractivity contribution < 1.29 is 9.59 Å². The SMILES string of the molecule is O=C(CN(C1CCCCC1)C1CCCCC1)Nc1sc2c(c1C(=O)Nc1ccccc1)CCCC2. The van der Waals surface area contributed by atoms with E-state index < -0.39 is 0 Å². The van der Waals surface area contributed by atoms with Gasteiger partial charge in [-0.05, 0) is 69.1 Å². The summed E-state index contributed by atoms with van der Waals surface area (Å²) >= 11 is 1.62. The smallest absolute Gasteiger partial charge is 0.258 e. The van der Waals surface area contributed by atoms with E-state index in [0.29, 0.717) is 24.2 Å². The number of hydrogen-bond donors (Lipinski definition) is 2. The molecule has 0 spiro atoms. The van der Waals surface area contributed by atoms with Gasteiger partial charge in [-0.2, -0.15) is 0 Å². The quantitative estimate of drug-likeness (QED) is 0.447. The standard InChI is InChI=1S/C29H39N3O2S/c33-26(20-32(22-14-6-2-7-15-22)23-16-8-3-9-17-23)31-29-27(24-18-10-11-19-25(24)35-29)28(34)30-21-12-4-1-5-13-21/h1,4-5,12-13,22-23H,2-3,6-11,14-20H2,(H,30,34)(H,31,33). The zero-order valence-corrected chi connectivity index (χ0v) is 21.6. The number of nitrogens with zero attached hydrogens (tertiary/aromatic N) is 1. The van der Waals surface area contributed by atoms with Crippen molar-refractivity contribution in [3.8, 4) is 0 Å². The van der Waals surface area contributed by atoms with Crippen molar-refractivity contribution in [2.45, 2.75) is 102 Å². The van der Waals surface area contributed by atoms with E-state index in [0.717, 1.165) is 41.9 Å². The minimum atomic E-state index is -0.109. The van der Waals surface area contributed by atoms with Crippen molar-refractivity contribution in [2.24, 2.45) is 0 Å². The van der Waals surface area contributed by atoms with Crippen LogP contribution in [0.5, 0.6) is 0 Å². The number of fused-ring (bicyclic) bond motifs is 1. The van der Waals surface area contributed by atoms with E-state index in [4.69, 9.17) is 0 Å². The van der Waals surface area contributed by atoms with Gasteiger partial charge in [-0.15, -0.1) is 11.3 Å². The van der Waals surface area contributed by atoms with E-state index in [-0.39, 0.29) is 11.8 Å². The number of benzene rings is 1. The topological polar surface area (TPSA) is 61.4 Å². The van der Waals surface area contributed by atoms with Gasteiger partial charge in [-0.3, -0.25) is 14.5 Å². The maximum atomic E-state index is 13.5. The van der Waals surface area contributed by atoms with Crippen LogP contribution in [0.4, 0.5) is 10.7 Å². The molecule has 3 aliphatic rings. The van der Waals surface area contributed by atoms with Gasteiger partial charge < -0.3 is 10.6 Å². The molecule has 5 rings (SSSR count). The number of hydrogen-bond acceptors (Lipinski definition) is 4. The van der Waals surface area contributed by atoms with Crippen molar-refractivity contribution in [2.75, 3.05) is 17.2 Å². The summed E-state index contributed by atoms with van der Waals surface area (Å²) in [6, 6.07) is 10.6. The average Bonchev–Trinajstić information content (AvgIpc) is 3.26. The van der Waals surface area contributed by atoms with Crippen LogP contribution >= 0.6 is 11.3 Å². The van der Waals surface area contributed by atoms with Gasteiger partial charge in [0, 0.05) is 22.6 Å². The van der Waals surface area contributed by atoms with E-state index in [1.807, 2.05) is 30.3 Å². The fraction of sp³-hybridized carbons (Fsp3) is 0.586. The fourth-order valence-corrected chi connectivity index (χ4v) is 7.63. The van der Waals surface area contributed by atoms with Gasteiger partial charge in [-0.1, -0.05) is 56.7 Å². The molecule has 0 unspecified atom stereocenters. The molecule has 0 bridgehead atoms. The van der Waals surface area contributed by atoms with Crippen molar-refractivity contribution >= 4 is 33.8 Å². The lowest BCUT2D eigenvalue weighted by Crippen LogP contribution is -2.48. The third kappa shape index (κ3) is 5.97. The third-order valence-electron chi connectivity index (χ3n) is 8.10. The second-order valence-electron chi connectivity index (χ2n) is 10.5. The van der Waals surface area contributed by atoms with E-state index >= 15 is 0 Å². The number of nitrogens with one attached hydrogen (secondary N) is 2. The highest BCUT2D eigenvalue weighted by Gasteiger charge is 2.32. The van der Waals surface area contributed by atoms with Crippen LogP contribution < -0.4 is 10.6 Å². The highest BCUT2D eigenvalue weighted by atomic mass is 32.1. The largest absolute Gasteiger partial charge is 0.322 e. The second-order valence-corrected chi connectivity index (χ2v) is 11.6. The van der Waals surface area contributed by atoms with Gasteiger partial charge in [0.25, 0.3) is 5.91 Å². The molecule has 0 radical (unpaired) electrons. The van der Waals surface area contributed by atoms with E-state index in [2.05, 4.69) is 15.5 Å². The van der Waals surface area contributed by atoms with Crippen LogP contribution in [0.25, 0.3) is 0 Å². The summed E-state index contributed by atoms with van der Waals surface area (Å²) in [6.07, 6.45) is 16.7. The molecule has 1 aromatic heterocycles. The maximum absolute atomic E-state index is 13.5. The summed E-state index contributed by atoms with van der Waals surface area (Å²) < 4.78 is 0. The predicted octanol–water partition coefficient (Wildman–Crippen LogP) is 6.79. The minimum Gasteiger partial charge on any atom is -0.322 e. The molecule has 35 heavy (non-hydrogen) atoms. The van der Waals surface area contributed by atoms with Gasteiger partial charge >= 0.3 is 0 Å². The first-order valence-corrected chi connectivity index (χ1v) is 14.6. The first kappa shape index (κ1) is 24.5. The van der Waals surface area contributed by atoms with Gasteiger partial charge in [0.1, 0.15) is 5.00 Å². The van der Waals surface area contributed by atoms with Crippen LogP contribution in [0.1, 0.15) is 97.8 Å². The van der Waals surface area contributed by atoms with Crippen molar-refractivity contribution in [1.82, 2.24) is 4.90 Å². The monoisotopic (exact) mass is 493 g/mol. The zero-order valence-electron chi connectivity index (χ0n) is 20.8. The molecular formula is C29H39N3O2S. The van der Waals surface area contributed by atoms with Crippen LogP contribution in [-0.2, 0) is 17.6 Å². The van der Waals surface area contributed by atoms with Gasteiger partial charge in [0.05, 0.1) is 12.1 Å². The number of anilines is 2. The van der Waals surface area contributed by atoms with Gasteiger partial charge in [-0.25, -0.2) is 0 Å². The Labute approximate surface area is 213 Å². The number of thiophene rings is 1. The summed E-state index contributed by atoms with van der Waals surface area (Å²) in [5.74, 6) is -0.0733. The maximum Gasteiger partial charge on any atom is 0.258 e. The summed E-state index contributed by atoms with van der Waals surface area (Å²) in [7, 11) is 0. The molecule has 0 atom stereocenters. The Morgan fingerprint density at radius 1 is 0.800 bits per heavy atom. The Morgan fingerprint density at radius 2 is 1.43 bits per heavy atom. The molecule has 0 aliphatic heterocycles. The minimum absolute atomic E-state index is 0.0357. The van der Waals surface area contributed by atoms with Crippen molar-refractivity contribution in [3.05, 3.63) is 46.3 Å². The lowest BCUT2D eigenvalue weighted by molar-refractivity contribution is -0.119. The molecule has 0 saturated heterocycles. The predicted molar refractivity (Wildman–Crippen MR) is 144 cm³/mol. The second kappa shape index (κ2) is 11.7. The van der Waals surface area contributed by atoms with Crippen LogP contribution in [0, 0.1) is 0 Å². The number of amides is 2. The molecule has 5 nitrogen and oxygen atoms in total. The number of carbonyl (C=O) groups is 2. The Hall–Kier alpha value is -2.18. The lowest BCUT2D eigenvalue weighted by Gasteiger charge is -2.41. The Kier molecular flexibility index (Phi) is 8.20. The number of para-hydroxylation sites is 1. The van der Waals surface area contributed by atoms with E-state index in [9.17, 15) is 9.59 Å². The molecule has 2 aromatic rings. The number of carbonyl (C=O) groups excluding carboxylic acids is 2.